The van der Waals surface area contributed by atoms with E-state index in [9.17, 15) is 18.0 Å². The predicted octanol–water partition coefficient (Wildman–Crippen LogP) is 0.766. The largest absolute Gasteiger partial charge is 0.385 e. The van der Waals surface area contributed by atoms with Crippen molar-refractivity contribution in [3.05, 3.63) is 27.3 Å². The van der Waals surface area contributed by atoms with Gasteiger partial charge in [0.15, 0.2) is 0 Å². The molecule has 26 heavy (non-hydrogen) atoms. The molecule has 0 aromatic heterocycles. The third-order valence-corrected chi connectivity index (χ3v) is 6.27. The van der Waals surface area contributed by atoms with Crippen molar-refractivity contribution < 1.29 is 22.7 Å². The summed E-state index contributed by atoms with van der Waals surface area (Å²) >= 11 is 1.97. The van der Waals surface area contributed by atoms with Gasteiger partial charge in [-0.3, -0.25) is 9.59 Å². The third-order valence-electron chi connectivity index (χ3n) is 3.52. The Hall–Kier alpha value is -1.24. The number of benzene rings is 1. The molecule has 0 aliphatic carbocycles. The van der Waals surface area contributed by atoms with Crippen LogP contribution in [-0.4, -0.2) is 77.4 Å². The quantitative estimate of drug-likeness (QED) is 0.402. The number of sulfonamides is 1. The van der Waals surface area contributed by atoms with Crippen LogP contribution in [0.3, 0.4) is 0 Å². The first kappa shape index (κ1) is 22.8. The number of nitrogens with zero attached hydrogens (tertiary/aromatic N) is 2. The number of carbonyl (C=O) groups is 2. The third kappa shape index (κ3) is 6.18. The maximum atomic E-state index is 12.6. The van der Waals surface area contributed by atoms with Gasteiger partial charge >= 0.3 is 0 Å². The van der Waals surface area contributed by atoms with Gasteiger partial charge in [-0.1, -0.05) is 0 Å². The van der Waals surface area contributed by atoms with E-state index in [0.717, 1.165) is 4.31 Å². The van der Waals surface area contributed by atoms with Gasteiger partial charge < -0.3 is 15.0 Å². The molecular formula is C16H24IN3O5S. The number of hydrogen-bond acceptors (Lipinski definition) is 5. The van der Waals surface area contributed by atoms with Crippen LogP contribution in [0, 0.1) is 3.57 Å². The summed E-state index contributed by atoms with van der Waals surface area (Å²) in [6.45, 7) is 0.885. The van der Waals surface area contributed by atoms with E-state index in [4.69, 9.17) is 4.74 Å². The zero-order valence-corrected chi connectivity index (χ0v) is 18.3. The number of hydrogen-bond donors (Lipinski definition) is 1. The second kappa shape index (κ2) is 10.2. The van der Waals surface area contributed by atoms with Crippen LogP contribution in [0.4, 0.5) is 0 Å². The highest BCUT2D eigenvalue weighted by Crippen LogP contribution is 2.21. The fourth-order valence-electron chi connectivity index (χ4n) is 2.03. The molecule has 0 fully saturated rings. The van der Waals surface area contributed by atoms with E-state index in [2.05, 4.69) is 5.32 Å². The highest BCUT2D eigenvalue weighted by atomic mass is 127. The molecule has 0 atom stereocenters. The lowest BCUT2D eigenvalue weighted by molar-refractivity contribution is -0.121. The van der Waals surface area contributed by atoms with Crippen molar-refractivity contribution >= 4 is 44.4 Å². The summed E-state index contributed by atoms with van der Waals surface area (Å²) in [4.78, 5) is 25.8. The van der Waals surface area contributed by atoms with Crippen molar-refractivity contribution in [3.63, 3.8) is 0 Å². The standard InChI is InChI=1S/C16H24IN3O5S/c1-19(2)26(23,24)12-6-7-14(17)13(10-12)16(22)20(3)11-15(21)18-8-5-9-25-4/h6-7,10H,5,8-9,11H2,1-4H3,(H,18,21). The van der Waals surface area contributed by atoms with Crippen LogP contribution >= 0.6 is 22.6 Å². The number of nitrogens with one attached hydrogen (secondary N) is 1. The minimum absolute atomic E-state index is 0.0312. The first-order valence-electron chi connectivity index (χ1n) is 7.84. The van der Waals surface area contributed by atoms with Crippen molar-refractivity contribution in [1.29, 1.82) is 0 Å². The minimum Gasteiger partial charge on any atom is -0.385 e. The predicted molar refractivity (Wildman–Crippen MR) is 106 cm³/mol. The first-order valence-corrected chi connectivity index (χ1v) is 10.4. The zero-order chi connectivity index (χ0) is 19.9. The number of halogens is 1. The number of rotatable bonds is 9. The second-order valence-corrected chi connectivity index (χ2v) is 9.10. The Morgan fingerprint density at radius 2 is 1.88 bits per heavy atom. The van der Waals surface area contributed by atoms with E-state index in [-0.39, 0.29) is 22.9 Å². The Kier molecular flexibility index (Phi) is 8.93. The zero-order valence-electron chi connectivity index (χ0n) is 15.3. The molecule has 146 valence electrons. The van der Waals surface area contributed by atoms with Crippen molar-refractivity contribution in [1.82, 2.24) is 14.5 Å². The van der Waals surface area contributed by atoms with Crippen LogP contribution in [0.5, 0.6) is 0 Å². The van der Waals surface area contributed by atoms with Gasteiger partial charge in [-0.2, -0.15) is 0 Å². The van der Waals surface area contributed by atoms with Crippen LogP contribution in [0.2, 0.25) is 0 Å². The second-order valence-electron chi connectivity index (χ2n) is 5.79. The van der Waals surface area contributed by atoms with Crippen molar-refractivity contribution in [2.75, 3.05) is 47.9 Å². The molecule has 0 aliphatic rings. The van der Waals surface area contributed by atoms with Gasteiger partial charge in [0.05, 0.1) is 17.0 Å². The van der Waals surface area contributed by atoms with E-state index in [0.29, 0.717) is 23.1 Å². The average Bonchev–Trinajstić information content (AvgIpc) is 2.58. The van der Waals surface area contributed by atoms with Crippen LogP contribution < -0.4 is 5.32 Å². The number of carbonyl (C=O) groups excluding carboxylic acids is 2. The summed E-state index contributed by atoms with van der Waals surface area (Å²) < 4.78 is 31.1. The molecule has 1 aromatic rings. The molecule has 0 heterocycles. The summed E-state index contributed by atoms with van der Waals surface area (Å²) in [6.07, 6.45) is 0.683. The first-order chi connectivity index (χ1) is 12.1. The molecule has 0 radical (unpaired) electrons. The summed E-state index contributed by atoms with van der Waals surface area (Å²) in [5.74, 6) is -0.707. The van der Waals surface area contributed by atoms with Crippen molar-refractivity contribution in [2.24, 2.45) is 0 Å². The Morgan fingerprint density at radius 3 is 2.46 bits per heavy atom. The van der Waals surface area contributed by atoms with Gasteiger partial charge in [-0.05, 0) is 47.2 Å². The van der Waals surface area contributed by atoms with Gasteiger partial charge in [0.1, 0.15) is 0 Å². The summed E-state index contributed by atoms with van der Waals surface area (Å²) in [5, 5.41) is 2.70. The van der Waals surface area contributed by atoms with E-state index in [1.807, 2.05) is 22.6 Å². The molecule has 10 heteroatoms. The molecule has 0 spiro atoms. The summed E-state index contributed by atoms with van der Waals surface area (Å²) in [7, 11) is 2.29. The number of amides is 2. The molecule has 1 N–H and O–H groups in total. The maximum absolute atomic E-state index is 12.6. The Morgan fingerprint density at radius 1 is 1.23 bits per heavy atom. The number of likely N-dealkylation sites (N-methyl/N-ethyl adjacent to an activating group) is 1. The van der Waals surface area contributed by atoms with Crippen LogP contribution in [-0.2, 0) is 19.6 Å². The van der Waals surface area contributed by atoms with Crippen LogP contribution in [0.1, 0.15) is 16.8 Å². The van der Waals surface area contributed by atoms with Gasteiger partial charge in [-0.25, -0.2) is 12.7 Å². The fourth-order valence-corrected chi connectivity index (χ4v) is 3.53. The van der Waals surface area contributed by atoms with Gasteiger partial charge in [-0.15, -0.1) is 0 Å². The normalized spacial score (nSPS) is 11.5. The van der Waals surface area contributed by atoms with E-state index in [1.54, 1.807) is 13.2 Å². The molecule has 0 bridgehead atoms. The molecule has 2 amide bonds. The van der Waals surface area contributed by atoms with Crippen molar-refractivity contribution in [2.45, 2.75) is 11.3 Å². The number of ether oxygens (including phenoxy) is 1. The molecule has 0 aliphatic heterocycles. The average molecular weight is 497 g/mol. The van der Waals surface area contributed by atoms with Gasteiger partial charge in [0.25, 0.3) is 5.91 Å². The molecular weight excluding hydrogens is 473 g/mol. The Balaban J connectivity index is 2.87. The lowest BCUT2D eigenvalue weighted by Crippen LogP contribution is -2.39. The van der Waals surface area contributed by atoms with Gasteiger partial charge in [0.2, 0.25) is 15.9 Å². The van der Waals surface area contributed by atoms with E-state index in [1.165, 1.54) is 38.2 Å². The highest BCUT2D eigenvalue weighted by Gasteiger charge is 2.22. The smallest absolute Gasteiger partial charge is 0.255 e. The Labute approximate surface area is 168 Å². The van der Waals surface area contributed by atoms with Crippen molar-refractivity contribution in [3.8, 4) is 0 Å². The topological polar surface area (TPSA) is 96.0 Å². The lowest BCUT2D eigenvalue weighted by Gasteiger charge is -2.19. The van der Waals surface area contributed by atoms with E-state index < -0.39 is 15.9 Å². The van der Waals surface area contributed by atoms with Crippen LogP contribution in [0.25, 0.3) is 0 Å². The summed E-state index contributed by atoms with van der Waals surface area (Å²) in [5.41, 5.74) is 0.239. The van der Waals surface area contributed by atoms with Crippen LogP contribution in [0.15, 0.2) is 23.1 Å². The lowest BCUT2D eigenvalue weighted by atomic mass is 10.2. The summed E-state index contributed by atoms with van der Waals surface area (Å²) in [6, 6.07) is 4.37. The number of methoxy groups -OCH3 is 1. The molecule has 0 saturated heterocycles. The monoisotopic (exact) mass is 497 g/mol. The fraction of sp³-hybridized carbons (Fsp3) is 0.500. The molecule has 0 saturated carbocycles. The molecule has 1 aromatic carbocycles. The molecule has 8 nitrogen and oxygen atoms in total. The molecule has 0 unspecified atom stereocenters. The highest BCUT2D eigenvalue weighted by molar-refractivity contribution is 14.1. The maximum Gasteiger partial charge on any atom is 0.255 e. The Bertz CT molecular complexity index is 752. The molecule has 1 rings (SSSR count). The minimum atomic E-state index is -3.65. The van der Waals surface area contributed by atoms with Gasteiger partial charge in [0, 0.05) is 45.0 Å². The SMILES string of the molecule is COCCCNC(=O)CN(C)C(=O)c1cc(S(=O)(=O)N(C)C)ccc1I. The van der Waals surface area contributed by atoms with E-state index >= 15 is 0 Å².